The number of benzene rings is 1. The number of hydrogen-bond donors (Lipinski definition) is 0. The van der Waals surface area contributed by atoms with E-state index in [2.05, 4.69) is 4.98 Å². The van der Waals surface area contributed by atoms with Gasteiger partial charge in [-0.2, -0.15) is 0 Å². The Hall–Kier alpha value is -2.23. The van der Waals surface area contributed by atoms with Crippen molar-refractivity contribution in [3.63, 3.8) is 0 Å². The molecule has 3 rings (SSSR count). The van der Waals surface area contributed by atoms with Crippen LogP contribution in [0.2, 0.25) is 0 Å². The van der Waals surface area contributed by atoms with Crippen LogP contribution in [0, 0.1) is 12.7 Å². The van der Waals surface area contributed by atoms with Crippen LogP contribution in [-0.4, -0.2) is 21.8 Å². The quantitative estimate of drug-likeness (QED) is 0.862. The van der Waals surface area contributed by atoms with Gasteiger partial charge >= 0.3 is 0 Å². The molecule has 0 saturated heterocycles. The Balaban J connectivity index is 1.83. The Morgan fingerprint density at radius 1 is 1.29 bits per heavy atom. The van der Waals surface area contributed by atoms with Gasteiger partial charge in [0.05, 0.1) is 5.56 Å². The maximum absolute atomic E-state index is 13.8. The summed E-state index contributed by atoms with van der Waals surface area (Å²) < 4.78 is 13.8. The first-order valence-electron chi connectivity index (χ1n) is 7.12. The summed E-state index contributed by atoms with van der Waals surface area (Å²) in [6.07, 6.45) is 3.56. The second kappa shape index (κ2) is 5.64. The van der Waals surface area contributed by atoms with Crippen LogP contribution >= 0.6 is 0 Å². The van der Waals surface area contributed by atoms with Gasteiger partial charge in [-0.25, -0.2) is 4.39 Å². The average molecular weight is 284 g/mol. The predicted molar refractivity (Wildman–Crippen MR) is 78.3 cm³/mol. The van der Waals surface area contributed by atoms with E-state index < -0.39 is 0 Å². The van der Waals surface area contributed by atoms with Crippen molar-refractivity contribution in [2.45, 2.75) is 32.4 Å². The van der Waals surface area contributed by atoms with Crippen LogP contribution in [0.25, 0.3) is 0 Å². The van der Waals surface area contributed by atoms with Crippen LogP contribution in [-0.2, 0) is 6.54 Å². The molecule has 3 nitrogen and oxygen atoms in total. The number of rotatable bonds is 4. The second-order valence-electron chi connectivity index (χ2n) is 5.44. The number of halogens is 1. The van der Waals surface area contributed by atoms with Crippen LogP contribution in [0.15, 0.2) is 42.6 Å². The van der Waals surface area contributed by atoms with E-state index in [-0.39, 0.29) is 17.8 Å². The number of nitrogens with zero attached hydrogens (tertiary/aromatic N) is 2. The van der Waals surface area contributed by atoms with Crippen molar-refractivity contribution in [1.29, 1.82) is 0 Å². The highest BCUT2D eigenvalue weighted by Gasteiger charge is 2.33. The fraction of sp³-hybridized carbons (Fsp3) is 0.294. The molecule has 1 aliphatic rings. The normalized spacial score (nSPS) is 14.0. The standard InChI is InChI=1S/C17H17FN2O/c1-12-6-7-13(10-19-12)17(21)20(15-8-9-15)11-14-4-2-3-5-16(14)18/h2-7,10,15H,8-9,11H2,1H3. The Morgan fingerprint density at radius 3 is 2.67 bits per heavy atom. The third-order valence-corrected chi connectivity index (χ3v) is 3.71. The van der Waals surface area contributed by atoms with Crippen molar-refractivity contribution in [1.82, 2.24) is 9.88 Å². The van der Waals surface area contributed by atoms with Crippen molar-refractivity contribution in [3.8, 4) is 0 Å². The van der Waals surface area contributed by atoms with Crippen molar-refractivity contribution in [2.24, 2.45) is 0 Å². The van der Waals surface area contributed by atoms with Crippen molar-refractivity contribution >= 4 is 5.91 Å². The summed E-state index contributed by atoms with van der Waals surface area (Å²) >= 11 is 0. The number of hydrogen-bond acceptors (Lipinski definition) is 2. The highest BCUT2D eigenvalue weighted by atomic mass is 19.1. The molecule has 0 spiro atoms. The van der Waals surface area contributed by atoms with Crippen molar-refractivity contribution in [2.75, 3.05) is 0 Å². The van der Waals surface area contributed by atoms with Crippen LogP contribution in [0.1, 0.15) is 34.5 Å². The summed E-state index contributed by atoms with van der Waals surface area (Å²) in [5, 5.41) is 0. The molecule has 2 aromatic rings. The molecule has 1 aromatic carbocycles. The largest absolute Gasteiger partial charge is 0.331 e. The van der Waals surface area contributed by atoms with E-state index in [9.17, 15) is 9.18 Å². The summed E-state index contributed by atoms with van der Waals surface area (Å²) in [5.74, 6) is -0.341. The van der Waals surface area contributed by atoms with E-state index >= 15 is 0 Å². The Bertz CT molecular complexity index is 650. The van der Waals surface area contributed by atoms with Gasteiger partial charge in [0.25, 0.3) is 5.91 Å². The zero-order valence-corrected chi connectivity index (χ0v) is 11.9. The molecule has 1 aromatic heterocycles. The van der Waals surface area contributed by atoms with E-state index in [1.807, 2.05) is 13.0 Å². The minimum atomic E-state index is -0.266. The van der Waals surface area contributed by atoms with Gasteiger partial charge in [-0.1, -0.05) is 18.2 Å². The smallest absolute Gasteiger partial charge is 0.255 e. The topological polar surface area (TPSA) is 33.2 Å². The lowest BCUT2D eigenvalue weighted by Gasteiger charge is -2.22. The van der Waals surface area contributed by atoms with Crippen LogP contribution in [0.5, 0.6) is 0 Å². The molecule has 21 heavy (non-hydrogen) atoms. The van der Waals surface area contributed by atoms with Crippen molar-refractivity contribution in [3.05, 3.63) is 65.2 Å². The van der Waals surface area contributed by atoms with Gasteiger partial charge in [0, 0.05) is 30.0 Å². The number of aryl methyl sites for hydroxylation is 1. The Morgan fingerprint density at radius 2 is 2.05 bits per heavy atom. The maximum atomic E-state index is 13.8. The minimum Gasteiger partial charge on any atom is -0.331 e. The predicted octanol–water partition coefficient (Wildman–Crippen LogP) is 3.33. The Kier molecular flexibility index (Phi) is 3.69. The van der Waals surface area contributed by atoms with Gasteiger partial charge in [-0.3, -0.25) is 9.78 Å². The molecule has 0 N–H and O–H groups in total. The van der Waals surface area contributed by atoms with E-state index in [1.165, 1.54) is 6.07 Å². The minimum absolute atomic E-state index is 0.0757. The van der Waals surface area contributed by atoms with Gasteiger partial charge in [-0.05, 0) is 38.0 Å². The molecule has 108 valence electrons. The van der Waals surface area contributed by atoms with E-state index in [0.29, 0.717) is 17.7 Å². The first-order valence-corrected chi connectivity index (χ1v) is 7.12. The molecule has 4 heteroatoms. The fourth-order valence-electron chi connectivity index (χ4n) is 2.32. The van der Waals surface area contributed by atoms with Gasteiger partial charge in [0.15, 0.2) is 0 Å². The zero-order chi connectivity index (χ0) is 14.8. The Labute approximate surface area is 123 Å². The summed E-state index contributed by atoms with van der Waals surface area (Å²) in [6, 6.07) is 10.4. The maximum Gasteiger partial charge on any atom is 0.255 e. The van der Waals surface area contributed by atoms with Gasteiger partial charge < -0.3 is 4.90 Å². The molecule has 1 aliphatic carbocycles. The second-order valence-corrected chi connectivity index (χ2v) is 5.44. The first kappa shape index (κ1) is 13.7. The van der Waals surface area contributed by atoms with E-state index in [4.69, 9.17) is 0 Å². The molecular weight excluding hydrogens is 267 g/mol. The molecule has 0 radical (unpaired) electrons. The fourth-order valence-corrected chi connectivity index (χ4v) is 2.32. The third kappa shape index (κ3) is 3.10. The third-order valence-electron chi connectivity index (χ3n) is 3.71. The molecule has 1 fully saturated rings. The summed E-state index contributed by atoms with van der Waals surface area (Å²) in [6.45, 7) is 2.19. The van der Waals surface area contributed by atoms with Crippen LogP contribution in [0.4, 0.5) is 4.39 Å². The summed E-state index contributed by atoms with van der Waals surface area (Å²) in [7, 11) is 0. The van der Waals surface area contributed by atoms with Crippen LogP contribution < -0.4 is 0 Å². The molecule has 0 unspecified atom stereocenters. The summed E-state index contributed by atoms with van der Waals surface area (Å²) in [5.41, 5.74) is 1.99. The highest BCUT2D eigenvalue weighted by Crippen LogP contribution is 2.30. The van der Waals surface area contributed by atoms with Gasteiger partial charge in [0.1, 0.15) is 5.82 Å². The molecule has 0 bridgehead atoms. The zero-order valence-electron chi connectivity index (χ0n) is 11.9. The lowest BCUT2D eigenvalue weighted by atomic mass is 10.1. The highest BCUT2D eigenvalue weighted by molar-refractivity contribution is 5.94. The van der Waals surface area contributed by atoms with Crippen molar-refractivity contribution < 1.29 is 9.18 Å². The lowest BCUT2D eigenvalue weighted by Crippen LogP contribution is -2.33. The molecular formula is C17H17FN2O. The monoisotopic (exact) mass is 284 g/mol. The lowest BCUT2D eigenvalue weighted by molar-refractivity contribution is 0.0728. The first-order chi connectivity index (χ1) is 10.1. The molecule has 0 atom stereocenters. The number of amides is 1. The van der Waals surface area contributed by atoms with E-state index in [1.54, 1.807) is 35.4 Å². The number of aromatic nitrogens is 1. The number of carbonyl (C=O) groups is 1. The SMILES string of the molecule is Cc1ccc(C(=O)N(Cc2ccccc2F)C2CC2)cn1. The average Bonchev–Trinajstić information content (AvgIpc) is 3.31. The van der Waals surface area contributed by atoms with Gasteiger partial charge in [0.2, 0.25) is 0 Å². The molecule has 1 amide bonds. The van der Waals surface area contributed by atoms with E-state index in [0.717, 1.165) is 18.5 Å². The number of carbonyl (C=O) groups excluding carboxylic acids is 1. The summed E-state index contributed by atoms with van der Waals surface area (Å²) in [4.78, 5) is 18.5. The van der Waals surface area contributed by atoms with Crippen LogP contribution in [0.3, 0.4) is 0 Å². The molecule has 0 aliphatic heterocycles. The number of pyridine rings is 1. The van der Waals surface area contributed by atoms with Gasteiger partial charge in [-0.15, -0.1) is 0 Å². The molecule has 1 heterocycles. The molecule has 1 saturated carbocycles.